The van der Waals surface area contributed by atoms with Gasteiger partial charge in [0.25, 0.3) is 0 Å². The third-order valence-electron chi connectivity index (χ3n) is 7.32. The highest BCUT2D eigenvalue weighted by molar-refractivity contribution is 5.76. The topological polar surface area (TPSA) is 106 Å². The summed E-state index contributed by atoms with van der Waals surface area (Å²) in [6.07, 6.45) is 8.61. The zero-order chi connectivity index (χ0) is 27.4. The van der Waals surface area contributed by atoms with Crippen LogP contribution in [0, 0.1) is 6.92 Å². The predicted octanol–water partition coefficient (Wildman–Crippen LogP) is 5.01. The van der Waals surface area contributed by atoms with Gasteiger partial charge in [-0.2, -0.15) is 5.10 Å². The van der Waals surface area contributed by atoms with Crippen molar-refractivity contribution in [2.24, 2.45) is 0 Å². The van der Waals surface area contributed by atoms with Crippen LogP contribution in [0.1, 0.15) is 63.2 Å². The number of nitrogens with zero attached hydrogens (tertiary/aromatic N) is 5. The molecule has 10 nitrogen and oxygen atoms in total. The monoisotopic (exact) mass is 533 g/mol. The fraction of sp³-hybridized carbons (Fsp3) is 0.517. The lowest BCUT2D eigenvalue weighted by Gasteiger charge is -2.40. The van der Waals surface area contributed by atoms with Crippen molar-refractivity contribution in [1.29, 1.82) is 0 Å². The smallest absolute Gasteiger partial charge is 0.318 e. The lowest BCUT2D eigenvalue weighted by molar-refractivity contribution is -0.0644. The number of ether oxygens (including phenoxy) is 2. The summed E-state index contributed by atoms with van der Waals surface area (Å²) in [7, 11) is 0. The highest BCUT2D eigenvalue weighted by atomic mass is 16.5. The lowest BCUT2D eigenvalue weighted by Crippen LogP contribution is -2.58. The number of carbonyl (C=O) groups excluding carboxylic acids is 1. The Morgan fingerprint density at radius 3 is 2.72 bits per heavy atom. The fourth-order valence-electron chi connectivity index (χ4n) is 5.20. The zero-order valence-corrected chi connectivity index (χ0v) is 23.3. The van der Waals surface area contributed by atoms with Gasteiger partial charge in [-0.3, -0.25) is 4.68 Å². The number of aryl methyl sites for hydroxylation is 1. The van der Waals surface area contributed by atoms with Crippen LogP contribution in [0.25, 0.3) is 11.3 Å². The number of hydrogen-bond donors (Lipinski definition) is 2. The van der Waals surface area contributed by atoms with Gasteiger partial charge in [0.15, 0.2) is 0 Å². The maximum atomic E-state index is 12.8. The van der Waals surface area contributed by atoms with Gasteiger partial charge in [0, 0.05) is 31.2 Å². The first kappa shape index (κ1) is 27.1. The van der Waals surface area contributed by atoms with Gasteiger partial charge in [0.2, 0.25) is 5.95 Å². The number of rotatable bonds is 9. The van der Waals surface area contributed by atoms with Gasteiger partial charge in [-0.1, -0.05) is 19.1 Å². The van der Waals surface area contributed by atoms with Gasteiger partial charge in [0.05, 0.1) is 55.0 Å². The van der Waals surface area contributed by atoms with Gasteiger partial charge in [-0.15, -0.1) is 0 Å². The molecule has 0 spiro atoms. The summed E-state index contributed by atoms with van der Waals surface area (Å²) in [5, 5.41) is 11.0. The summed E-state index contributed by atoms with van der Waals surface area (Å²) in [4.78, 5) is 23.8. The van der Waals surface area contributed by atoms with E-state index < -0.39 is 0 Å². The number of likely N-dealkylation sites (tertiary alicyclic amines) is 1. The van der Waals surface area contributed by atoms with Gasteiger partial charge < -0.3 is 25.0 Å². The van der Waals surface area contributed by atoms with Crippen molar-refractivity contribution in [2.45, 2.75) is 71.2 Å². The van der Waals surface area contributed by atoms with Crippen LogP contribution in [0.3, 0.4) is 0 Å². The minimum Gasteiger partial charge on any atom is -0.381 e. The summed E-state index contributed by atoms with van der Waals surface area (Å²) in [5.41, 5.74) is 4.90. The summed E-state index contributed by atoms with van der Waals surface area (Å²) in [6.45, 7) is 11.0. The number of amides is 2. The van der Waals surface area contributed by atoms with Crippen molar-refractivity contribution in [2.75, 3.05) is 31.6 Å². The van der Waals surface area contributed by atoms with E-state index >= 15 is 0 Å². The Labute approximate surface area is 230 Å². The number of aromatic nitrogens is 4. The standard InChI is InChI=1S/C29H39N7O3/c1-5-26(34-29(37)35-17-24(18-35)39-19(2)3)25-7-6-21(14-20(25)4)27-8-11-30-28(33-27)32-22-15-31-36(16-22)23-9-12-38-13-10-23/h6-8,11,14-16,19,23-24,26H,5,9-10,12-13,17-18H2,1-4H3,(H,34,37)(H,30,32,33). The first-order valence-corrected chi connectivity index (χ1v) is 13.9. The largest absolute Gasteiger partial charge is 0.381 e. The van der Waals surface area contributed by atoms with Crippen molar-refractivity contribution >= 4 is 17.7 Å². The van der Waals surface area contributed by atoms with E-state index in [1.165, 1.54) is 0 Å². The molecule has 1 aromatic carbocycles. The molecule has 4 heterocycles. The van der Waals surface area contributed by atoms with E-state index in [4.69, 9.17) is 14.5 Å². The first-order chi connectivity index (χ1) is 18.9. The molecule has 2 aromatic heterocycles. The third-order valence-corrected chi connectivity index (χ3v) is 7.32. The quantitative estimate of drug-likeness (QED) is 0.398. The van der Waals surface area contributed by atoms with Gasteiger partial charge in [-0.05, 0) is 63.3 Å². The second kappa shape index (κ2) is 12.1. The average Bonchev–Trinajstić information content (AvgIpc) is 3.38. The Morgan fingerprint density at radius 2 is 2.00 bits per heavy atom. The second-order valence-electron chi connectivity index (χ2n) is 10.6. The fourth-order valence-corrected chi connectivity index (χ4v) is 5.20. The van der Waals surface area contributed by atoms with Crippen LogP contribution in [0.2, 0.25) is 0 Å². The third kappa shape index (κ3) is 6.57. The van der Waals surface area contributed by atoms with Gasteiger partial charge >= 0.3 is 6.03 Å². The number of hydrogen-bond acceptors (Lipinski definition) is 7. The Balaban J connectivity index is 1.22. The molecule has 0 radical (unpaired) electrons. The minimum absolute atomic E-state index is 0.0411. The van der Waals surface area contributed by atoms with Crippen LogP contribution >= 0.6 is 0 Å². The van der Waals surface area contributed by atoms with Crippen molar-refractivity contribution < 1.29 is 14.3 Å². The molecule has 0 saturated carbocycles. The molecule has 1 atom stereocenters. The number of anilines is 2. The van der Waals surface area contributed by atoms with E-state index in [9.17, 15) is 4.79 Å². The van der Waals surface area contributed by atoms with Crippen molar-refractivity contribution in [1.82, 2.24) is 30.0 Å². The van der Waals surface area contributed by atoms with E-state index in [0.29, 0.717) is 25.1 Å². The molecular weight excluding hydrogens is 494 g/mol. The van der Waals surface area contributed by atoms with Gasteiger partial charge in [0.1, 0.15) is 0 Å². The molecule has 39 heavy (non-hydrogen) atoms. The summed E-state index contributed by atoms with van der Waals surface area (Å²) in [5.74, 6) is 0.522. The van der Waals surface area contributed by atoms with Crippen LogP contribution in [0.15, 0.2) is 42.9 Å². The Hall–Kier alpha value is -3.50. The molecule has 1 unspecified atom stereocenters. The van der Waals surface area contributed by atoms with Crippen LogP contribution < -0.4 is 10.6 Å². The Kier molecular flexibility index (Phi) is 8.42. The highest BCUT2D eigenvalue weighted by Crippen LogP contribution is 2.28. The summed E-state index contributed by atoms with van der Waals surface area (Å²) < 4.78 is 13.2. The van der Waals surface area contributed by atoms with Gasteiger partial charge in [-0.25, -0.2) is 14.8 Å². The van der Waals surface area contributed by atoms with Crippen LogP contribution in [0.5, 0.6) is 0 Å². The molecule has 5 rings (SSSR count). The molecule has 10 heteroatoms. The van der Waals surface area contributed by atoms with E-state index in [1.807, 2.05) is 35.7 Å². The number of benzene rings is 1. The predicted molar refractivity (Wildman–Crippen MR) is 150 cm³/mol. The molecule has 2 aliphatic rings. The molecular formula is C29H39N7O3. The van der Waals surface area contributed by atoms with Crippen LogP contribution in [-0.4, -0.2) is 69.2 Å². The molecule has 3 aromatic rings. The van der Waals surface area contributed by atoms with E-state index in [1.54, 1.807) is 12.4 Å². The molecule has 0 aliphatic carbocycles. The van der Waals surface area contributed by atoms with Crippen LogP contribution in [0.4, 0.5) is 16.4 Å². The van der Waals surface area contributed by atoms with Crippen molar-refractivity contribution in [3.63, 3.8) is 0 Å². The van der Waals surface area contributed by atoms with Crippen LogP contribution in [-0.2, 0) is 9.47 Å². The minimum atomic E-state index is -0.0634. The average molecular weight is 534 g/mol. The molecule has 2 amide bonds. The summed E-state index contributed by atoms with van der Waals surface area (Å²) in [6, 6.07) is 8.43. The molecule has 2 fully saturated rings. The lowest BCUT2D eigenvalue weighted by atomic mass is 9.96. The van der Waals surface area contributed by atoms with Crippen molar-refractivity contribution in [3.8, 4) is 11.3 Å². The molecule has 2 N–H and O–H groups in total. The second-order valence-corrected chi connectivity index (χ2v) is 10.6. The molecule has 2 saturated heterocycles. The Morgan fingerprint density at radius 1 is 1.21 bits per heavy atom. The number of urea groups is 1. The Bertz CT molecular complexity index is 1270. The highest BCUT2D eigenvalue weighted by Gasteiger charge is 2.33. The molecule has 0 bridgehead atoms. The maximum absolute atomic E-state index is 12.8. The SMILES string of the molecule is CCC(NC(=O)N1CC(OC(C)C)C1)c1ccc(-c2ccnc(Nc3cnn(C4CCOCC4)c3)n2)cc1C. The van der Waals surface area contributed by atoms with E-state index in [2.05, 4.69) is 52.8 Å². The normalized spacial score (nSPS) is 17.2. The van der Waals surface area contributed by atoms with Crippen molar-refractivity contribution in [3.05, 3.63) is 54.0 Å². The molecule has 208 valence electrons. The van der Waals surface area contributed by atoms with E-state index in [-0.39, 0.29) is 24.3 Å². The first-order valence-electron chi connectivity index (χ1n) is 13.9. The summed E-state index contributed by atoms with van der Waals surface area (Å²) >= 11 is 0. The number of carbonyl (C=O) groups is 1. The number of nitrogens with one attached hydrogen (secondary N) is 2. The van der Waals surface area contributed by atoms with E-state index in [0.717, 1.165) is 60.5 Å². The zero-order valence-electron chi connectivity index (χ0n) is 23.3. The maximum Gasteiger partial charge on any atom is 0.318 e. The molecule has 2 aliphatic heterocycles.